The van der Waals surface area contributed by atoms with Gasteiger partial charge in [0.1, 0.15) is 0 Å². The van der Waals surface area contributed by atoms with Gasteiger partial charge in [-0.1, -0.05) is 13.3 Å². The fourth-order valence-electron chi connectivity index (χ4n) is 2.61. The van der Waals surface area contributed by atoms with Crippen molar-refractivity contribution in [1.29, 1.82) is 0 Å². The van der Waals surface area contributed by atoms with Gasteiger partial charge >= 0.3 is 12.0 Å². The summed E-state index contributed by atoms with van der Waals surface area (Å²) in [7, 11) is 0. The number of imide groups is 2. The van der Waals surface area contributed by atoms with Crippen molar-refractivity contribution in [3.8, 4) is 0 Å². The summed E-state index contributed by atoms with van der Waals surface area (Å²) in [6.45, 7) is 5.08. The number of benzene rings is 1. The molecule has 150 valence electrons. The predicted octanol–water partition coefficient (Wildman–Crippen LogP) is 1.47. The number of esters is 1. The van der Waals surface area contributed by atoms with Crippen LogP contribution in [0.25, 0.3) is 0 Å². The summed E-state index contributed by atoms with van der Waals surface area (Å²) in [5, 5.41) is 4.49. The number of hydrogen-bond donors (Lipinski definition) is 2. The number of unbranched alkanes of at least 4 members (excludes halogenated alkanes) is 1. The third kappa shape index (κ3) is 4.93. The van der Waals surface area contributed by atoms with Crippen LogP contribution in [0, 0.1) is 0 Å². The maximum atomic E-state index is 12.4. The van der Waals surface area contributed by atoms with E-state index in [1.165, 1.54) is 18.2 Å². The third-order valence-electron chi connectivity index (χ3n) is 3.95. The minimum atomic E-state index is -0.838. The van der Waals surface area contributed by atoms with Crippen LogP contribution >= 0.6 is 0 Å². The van der Waals surface area contributed by atoms with Gasteiger partial charge in [-0.15, -0.1) is 0 Å². The van der Waals surface area contributed by atoms with Gasteiger partial charge in [-0.3, -0.25) is 24.6 Å². The number of fused-ring (bicyclic) bond motifs is 1. The Labute approximate surface area is 162 Å². The van der Waals surface area contributed by atoms with Crippen LogP contribution in [0.1, 0.15) is 64.7 Å². The van der Waals surface area contributed by atoms with Crippen molar-refractivity contribution >= 4 is 29.7 Å². The van der Waals surface area contributed by atoms with Gasteiger partial charge in [-0.2, -0.15) is 0 Å². The average molecular weight is 389 g/mol. The molecule has 0 spiro atoms. The number of nitrogens with zero attached hydrogens (tertiary/aromatic N) is 1. The number of nitrogens with one attached hydrogen (secondary N) is 2. The number of urea groups is 1. The monoisotopic (exact) mass is 389 g/mol. The van der Waals surface area contributed by atoms with E-state index in [1.54, 1.807) is 13.8 Å². The van der Waals surface area contributed by atoms with E-state index in [0.29, 0.717) is 13.0 Å². The zero-order valence-electron chi connectivity index (χ0n) is 16.0. The number of hydrogen-bond acceptors (Lipinski definition) is 6. The highest BCUT2D eigenvalue weighted by Gasteiger charge is 2.35. The maximum absolute atomic E-state index is 12.4. The lowest BCUT2D eigenvalue weighted by atomic mass is 10.1. The molecule has 2 N–H and O–H groups in total. The van der Waals surface area contributed by atoms with Crippen molar-refractivity contribution in [2.24, 2.45) is 0 Å². The van der Waals surface area contributed by atoms with E-state index < -0.39 is 30.4 Å². The van der Waals surface area contributed by atoms with Crippen molar-refractivity contribution in [3.05, 3.63) is 34.9 Å². The first-order valence-electron chi connectivity index (χ1n) is 9.02. The molecule has 9 nitrogen and oxygen atoms in total. The standard InChI is InChI=1S/C19H23N3O6/c1-4-5-8-22-16(24)13-7-6-12(9-14(13)17(22)25)18(26)28-10-15(23)21-19(27)20-11(2)3/h6-7,9,11H,4-5,8,10H2,1-3H3,(H2,20,21,23,27). The Kier molecular flexibility index (Phi) is 6.86. The van der Waals surface area contributed by atoms with Crippen LogP contribution in [0.5, 0.6) is 0 Å². The van der Waals surface area contributed by atoms with Gasteiger partial charge in [0.05, 0.1) is 16.7 Å². The normalized spacial score (nSPS) is 12.8. The molecule has 1 aromatic rings. The Morgan fingerprint density at radius 2 is 1.79 bits per heavy atom. The van der Waals surface area contributed by atoms with Gasteiger partial charge in [0.15, 0.2) is 6.61 Å². The number of ether oxygens (including phenoxy) is 1. The van der Waals surface area contributed by atoms with E-state index >= 15 is 0 Å². The molecular weight excluding hydrogens is 366 g/mol. The third-order valence-corrected chi connectivity index (χ3v) is 3.95. The summed E-state index contributed by atoms with van der Waals surface area (Å²) in [6.07, 6.45) is 1.53. The highest BCUT2D eigenvalue weighted by atomic mass is 16.5. The minimum absolute atomic E-state index is 0.0386. The highest BCUT2D eigenvalue weighted by molar-refractivity contribution is 6.22. The summed E-state index contributed by atoms with van der Waals surface area (Å²) in [6, 6.07) is 3.20. The van der Waals surface area contributed by atoms with Crippen LogP contribution in [0.15, 0.2) is 18.2 Å². The zero-order valence-corrected chi connectivity index (χ0v) is 16.0. The lowest BCUT2D eigenvalue weighted by Gasteiger charge is -2.12. The van der Waals surface area contributed by atoms with Crippen LogP contribution in [0.4, 0.5) is 4.79 Å². The van der Waals surface area contributed by atoms with Crippen molar-refractivity contribution in [3.63, 3.8) is 0 Å². The fourth-order valence-corrected chi connectivity index (χ4v) is 2.61. The molecule has 0 bridgehead atoms. The van der Waals surface area contributed by atoms with Gasteiger partial charge in [0.2, 0.25) is 0 Å². The molecule has 9 heteroatoms. The van der Waals surface area contributed by atoms with E-state index in [-0.39, 0.29) is 28.6 Å². The lowest BCUT2D eigenvalue weighted by Crippen LogP contribution is -2.44. The molecule has 1 aliphatic heterocycles. The smallest absolute Gasteiger partial charge is 0.338 e. The minimum Gasteiger partial charge on any atom is -0.452 e. The predicted molar refractivity (Wildman–Crippen MR) is 98.8 cm³/mol. The molecule has 1 heterocycles. The molecule has 0 unspecified atom stereocenters. The summed E-state index contributed by atoms with van der Waals surface area (Å²) >= 11 is 0. The SMILES string of the molecule is CCCCN1C(=O)c2ccc(C(=O)OCC(=O)NC(=O)NC(C)C)cc2C1=O. The summed E-state index contributed by atoms with van der Waals surface area (Å²) in [5.74, 6) is -2.46. The van der Waals surface area contributed by atoms with Gasteiger partial charge in [0, 0.05) is 12.6 Å². The molecule has 0 saturated heterocycles. The van der Waals surface area contributed by atoms with Crippen molar-refractivity contribution in [2.45, 2.75) is 39.7 Å². The van der Waals surface area contributed by atoms with E-state index in [4.69, 9.17) is 4.74 Å². The Morgan fingerprint density at radius 1 is 1.11 bits per heavy atom. The van der Waals surface area contributed by atoms with Crippen LogP contribution in [-0.4, -0.2) is 53.8 Å². The van der Waals surface area contributed by atoms with Crippen LogP contribution in [0.3, 0.4) is 0 Å². The first-order valence-corrected chi connectivity index (χ1v) is 9.02. The van der Waals surface area contributed by atoms with Crippen molar-refractivity contribution in [2.75, 3.05) is 13.2 Å². The molecule has 1 aromatic carbocycles. The van der Waals surface area contributed by atoms with Crippen LogP contribution in [-0.2, 0) is 9.53 Å². The molecule has 0 aromatic heterocycles. The number of carbonyl (C=O) groups excluding carboxylic acids is 5. The quantitative estimate of drug-likeness (QED) is 0.538. The van der Waals surface area contributed by atoms with Crippen LogP contribution < -0.4 is 10.6 Å². The molecule has 2 rings (SSSR count). The second kappa shape index (κ2) is 9.12. The number of carbonyl (C=O) groups is 5. The highest BCUT2D eigenvalue weighted by Crippen LogP contribution is 2.24. The average Bonchev–Trinajstić information content (AvgIpc) is 2.87. The Bertz CT molecular complexity index is 818. The van der Waals surface area contributed by atoms with Gasteiger partial charge in [0.25, 0.3) is 17.7 Å². The molecule has 0 saturated carbocycles. The number of amides is 5. The first-order chi connectivity index (χ1) is 13.2. The molecule has 28 heavy (non-hydrogen) atoms. The topological polar surface area (TPSA) is 122 Å². The van der Waals surface area contributed by atoms with Gasteiger partial charge in [-0.05, 0) is 38.5 Å². The largest absolute Gasteiger partial charge is 0.452 e. The summed E-state index contributed by atoms with van der Waals surface area (Å²) in [4.78, 5) is 61.1. The molecule has 0 atom stereocenters. The van der Waals surface area contributed by atoms with Gasteiger partial charge in [-0.25, -0.2) is 9.59 Å². The molecule has 0 radical (unpaired) electrons. The first kappa shape index (κ1) is 21.1. The zero-order chi connectivity index (χ0) is 20.8. The van der Waals surface area contributed by atoms with E-state index in [9.17, 15) is 24.0 Å². The Morgan fingerprint density at radius 3 is 2.43 bits per heavy atom. The molecule has 0 aliphatic carbocycles. The second-order valence-electron chi connectivity index (χ2n) is 6.63. The molecule has 1 aliphatic rings. The second-order valence-corrected chi connectivity index (χ2v) is 6.63. The Balaban J connectivity index is 1.99. The van der Waals surface area contributed by atoms with E-state index in [1.807, 2.05) is 12.2 Å². The fraction of sp³-hybridized carbons (Fsp3) is 0.421. The number of rotatable bonds is 7. The molecular formula is C19H23N3O6. The lowest BCUT2D eigenvalue weighted by molar-refractivity contribution is -0.123. The van der Waals surface area contributed by atoms with Crippen molar-refractivity contribution in [1.82, 2.24) is 15.5 Å². The maximum Gasteiger partial charge on any atom is 0.338 e. The Hall–Kier alpha value is -3.23. The van der Waals surface area contributed by atoms with Crippen molar-refractivity contribution < 1.29 is 28.7 Å². The van der Waals surface area contributed by atoms with E-state index in [0.717, 1.165) is 11.3 Å². The van der Waals surface area contributed by atoms with Crippen LogP contribution in [0.2, 0.25) is 0 Å². The van der Waals surface area contributed by atoms with E-state index in [2.05, 4.69) is 5.32 Å². The van der Waals surface area contributed by atoms with Gasteiger partial charge < -0.3 is 10.1 Å². The molecule has 0 fully saturated rings. The molecule has 5 amide bonds. The summed E-state index contributed by atoms with van der Waals surface area (Å²) < 4.78 is 4.87. The summed E-state index contributed by atoms with van der Waals surface area (Å²) in [5.41, 5.74) is 0.411.